The lowest BCUT2D eigenvalue weighted by molar-refractivity contribution is 0.0696. The maximum absolute atomic E-state index is 12.2. The average molecular weight is 292 g/mol. The van der Waals surface area contributed by atoms with E-state index in [1.165, 1.54) is 6.07 Å². The number of imidazole rings is 1. The van der Waals surface area contributed by atoms with E-state index in [1.807, 2.05) is 17.7 Å². The van der Waals surface area contributed by atoms with Crippen molar-refractivity contribution in [1.82, 2.24) is 9.55 Å². The van der Waals surface area contributed by atoms with Crippen molar-refractivity contribution in [2.24, 2.45) is 0 Å². The quantitative estimate of drug-likeness (QED) is 0.915. The van der Waals surface area contributed by atoms with Crippen LogP contribution in [-0.2, 0) is 17.3 Å². The highest BCUT2D eigenvalue weighted by molar-refractivity contribution is 7.85. The predicted molar refractivity (Wildman–Crippen MR) is 76.4 cm³/mol. The smallest absolute Gasteiger partial charge is 0.335 e. The van der Waals surface area contributed by atoms with Gasteiger partial charge in [0.15, 0.2) is 0 Å². The van der Waals surface area contributed by atoms with Gasteiger partial charge in [0, 0.05) is 29.6 Å². The second-order valence-corrected chi connectivity index (χ2v) is 6.07. The molecule has 1 heterocycles. The highest BCUT2D eigenvalue weighted by Crippen LogP contribution is 2.15. The third-order valence-electron chi connectivity index (χ3n) is 3.14. The van der Waals surface area contributed by atoms with Crippen LogP contribution in [0.3, 0.4) is 0 Å². The first kappa shape index (κ1) is 14.5. The Morgan fingerprint density at radius 2 is 2.15 bits per heavy atom. The number of nitrogens with zero attached hydrogens (tertiary/aromatic N) is 2. The molecule has 0 spiro atoms. The summed E-state index contributed by atoms with van der Waals surface area (Å²) in [5.41, 5.74) is 0.873. The summed E-state index contributed by atoms with van der Waals surface area (Å²) >= 11 is 0. The minimum Gasteiger partial charge on any atom is -0.478 e. The van der Waals surface area contributed by atoms with Crippen molar-refractivity contribution >= 4 is 16.8 Å². The first-order valence-corrected chi connectivity index (χ1v) is 7.51. The summed E-state index contributed by atoms with van der Waals surface area (Å²) in [5.74, 6) is 0.309. The Morgan fingerprint density at radius 3 is 2.75 bits per heavy atom. The summed E-state index contributed by atoms with van der Waals surface area (Å²) in [6.07, 6.45) is 3.54. The first-order chi connectivity index (χ1) is 9.49. The molecule has 0 bridgehead atoms. The van der Waals surface area contributed by atoms with Crippen molar-refractivity contribution in [3.05, 3.63) is 47.5 Å². The monoisotopic (exact) mass is 292 g/mol. The number of benzene rings is 1. The van der Waals surface area contributed by atoms with Gasteiger partial charge >= 0.3 is 5.97 Å². The molecule has 0 radical (unpaired) electrons. The van der Waals surface area contributed by atoms with E-state index in [0.717, 1.165) is 5.82 Å². The Bertz CT molecular complexity index is 664. The fourth-order valence-corrected chi connectivity index (χ4v) is 2.98. The molecule has 106 valence electrons. The van der Waals surface area contributed by atoms with Gasteiger partial charge in [-0.15, -0.1) is 0 Å². The number of carboxylic acids is 1. The molecule has 0 aliphatic rings. The standard InChI is InChI=1S/C14H16N2O3S/c1-10-3-4-12(9-13(10)14(17)18)20(19)8-7-16-6-5-15-11(16)2/h3-6,9H,7-8H2,1-2H3,(H,17,18). The van der Waals surface area contributed by atoms with Crippen molar-refractivity contribution in [1.29, 1.82) is 0 Å². The number of aromatic carboxylic acids is 1. The second kappa shape index (κ2) is 6.00. The van der Waals surface area contributed by atoms with Gasteiger partial charge in [0.05, 0.1) is 16.4 Å². The molecule has 0 saturated heterocycles. The van der Waals surface area contributed by atoms with Gasteiger partial charge < -0.3 is 9.67 Å². The Kier molecular flexibility index (Phi) is 4.34. The van der Waals surface area contributed by atoms with Crippen molar-refractivity contribution in [2.75, 3.05) is 5.75 Å². The maximum Gasteiger partial charge on any atom is 0.335 e. The lowest BCUT2D eigenvalue weighted by Gasteiger charge is -2.07. The fourth-order valence-electron chi connectivity index (χ4n) is 1.91. The molecule has 20 heavy (non-hydrogen) atoms. The van der Waals surface area contributed by atoms with Crippen LogP contribution in [0.1, 0.15) is 21.7 Å². The van der Waals surface area contributed by atoms with E-state index in [0.29, 0.717) is 22.8 Å². The molecule has 1 aromatic carbocycles. The summed E-state index contributed by atoms with van der Waals surface area (Å²) in [6.45, 7) is 4.21. The van der Waals surface area contributed by atoms with Crippen LogP contribution in [-0.4, -0.2) is 30.6 Å². The van der Waals surface area contributed by atoms with Crippen LogP contribution in [0.2, 0.25) is 0 Å². The number of aromatic nitrogens is 2. The van der Waals surface area contributed by atoms with E-state index in [1.54, 1.807) is 25.3 Å². The van der Waals surface area contributed by atoms with Gasteiger partial charge in [-0.1, -0.05) is 6.07 Å². The molecular formula is C14H16N2O3S. The van der Waals surface area contributed by atoms with Gasteiger partial charge in [-0.25, -0.2) is 9.78 Å². The molecule has 1 N–H and O–H groups in total. The Hall–Kier alpha value is -1.95. The van der Waals surface area contributed by atoms with Gasteiger partial charge in [-0.05, 0) is 31.5 Å². The highest BCUT2D eigenvalue weighted by Gasteiger charge is 2.11. The number of carboxylic acid groups (broad SMARTS) is 1. The fraction of sp³-hybridized carbons (Fsp3) is 0.286. The van der Waals surface area contributed by atoms with Gasteiger partial charge in [0.25, 0.3) is 0 Å². The number of carbonyl (C=O) groups is 1. The zero-order valence-electron chi connectivity index (χ0n) is 11.4. The summed E-state index contributed by atoms with van der Waals surface area (Å²) < 4.78 is 14.1. The third kappa shape index (κ3) is 3.14. The second-order valence-electron chi connectivity index (χ2n) is 4.50. The van der Waals surface area contributed by atoms with Crippen LogP contribution in [0.4, 0.5) is 0 Å². The van der Waals surface area contributed by atoms with E-state index in [-0.39, 0.29) is 5.56 Å². The van der Waals surface area contributed by atoms with E-state index >= 15 is 0 Å². The summed E-state index contributed by atoms with van der Waals surface area (Å²) in [7, 11) is -1.22. The highest BCUT2D eigenvalue weighted by atomic mass is 32.2. The molecule has 5 nitrogen and oxygen atoms in total. The molecule has 1 atom stereocenters. The topological polar surface area (TPSA) is 72.2 Å². The summed E-state index contributed by atoms with van der Waals surface area (Å²) in [4.78, 5) is 15.7. The van der Waals surface area contributed by atoms with E-state index < -0.39 is 16.8 Å². The lowest BCUT2D eigenvalue weighted by Crippen LogP contribution is -2.09. The molecule has 0 saturated carbocycles. The molecule has 0 aliphatic carbocycles. The van der Waals surface area contributed by atoms with Gasteiger partial charge in [-0.2, -0.15) is 0 Å². The predicted octanol–water partition coefficient (Wildman–Crippen LogP) is 2.01. The van der Waals surface area contributed by atoms with Crippen LogP contribution < -0.4 is 0 Å². The van der Waals surface area contributed by atoms with Crippen molar-refractivity contribution < 1.29 is 14.1 Å². The van der Waals surface area contributed by atoms with Crippen LogP contribution in [0.15, 0.2) is 35.5 Å². The minimum absolute atomic E-state index is 0.203. The normalized spacial score (nSPS) is 12.3. The number of hydrogen-bond donors (Lipinski definition) is 1. The molecule has 6 heteroatoms. The molecule has 2 rings (SSSR count). The van der Waals surface area contributed by atoms with Gasteiger partial charge in [0.2, 0.25) is 0 Å². The zero-order valence-corrected chi connectivity index (χ0v) is 12.2. The average Bonchev–Trinajstić information content (AvgIpc) is 2.81. The van der Waals surface area contributed by atoms with E-state index in [9.17, 15) is 9.00 Å². The van der Waals surface area contributed by atoms with E-state index in [2.05, 4.69) is 4.98 Å². The molecule has 2 aromatic rings. The summed E-state index contributed by atoms with van der Waals surface area (Å²) in [6, 6.07) is 4.91. The first-order valence-electron chi connectivity index (χ1n) is 6.19. The van der Waals surface area contributed by atoms with Crippen molar-refractivity contribution in [3.8, 4) is 0 Å². The number of rotatable bonds is 5. The molecule has 0 fully saturated rings. The Morgan fingerprint density at radius 1 is 1.40 bits per heavy atom. The van der Waals surface area contributed by atoms with Crippen molar-refractivity contribution in [2.45, 2.75) is 25.3 Å². The SMILES string of the molecule is Cc1ccc(S(=O)CCn2ccnc2C)cc1C(=O)O. The Labute approximate surface area is 119 Å². The van der Waals surface area contributed by atoms with Gasteiger partial charge in [0.1, 0.15) is 5.82 Å². The summed E-state index contributed by atoms with van der Waals surface area (Å²) in [5, 5.41) is 9.08. The van der Waals surface area contributed by atoms with E-state index in [4.69, 9.17) is 5.11 Å². The lowest BCUT2D eigenvalue weighted by atomic mass is 10.1. The van der Waals surface area contributed by atoms with Crippen LogP contribution >= 0.6 is 0 Å². The Balaban J connectivity index is 2.12. The van der Waals surface area contributed by atoms with Gasteiger partial charge in [-0.3, -0.25) is 4.21 Å². The zero-order chi connectivity index (χ0) is 14.7. The molecular weight excluding hydrogens is 276 g/mol. The van der Waals surface area contributed by atoms with Crippen LogP contribution in [0.25, 0.3) is 0 Å². The molecule has 0 amide bonds. The molecule has 0 aliphatic heterocycles. The van der Waals surface area contributed by atoms with Crippen LogP contribution in [0, 0.1) is 13.8 Å². The third-order valence-corrected chi connectivity index (χ3v) is 4.48. The maximum atomic E-state index is 12.2. The number of hydrogen-bond acceptors (Lipinski definition) is 3. The van der Waals surface area contributed by atoms with Crippen LogP contribution in [0.5, 0.6) is 0 Å². The number of aryl methyl sites for hydroxylation is 3. The minimum atomic E-state index is -1.22. The molecule has 1 unspecified atom stereocenters. The largest absolute Gasteiger partial charge is 0.478 e. The van der Waals surface area contributed by atoms with Crippen molar-refractivity contribution in [3.63, 3.8) is 0 Å². The molecule has 1 aromatic heterocycles.